The highest BCUT2D eigenvalue weighted by Crippen LogP contribution is 2.16. The van der Waals surface area contributed by atoms with Crippen LogP contribution in [0.1, 0.15) is 18.4 Å². The van der Waals surface area contributed by atoms with Gasteiger partial charge in [-0.1, -0.05) is 29.4 Å². The number of aryl methyl sites for hydroxylation is 1. The number of rotatable bonds is 3. The molecule has 1 heterocycles. The Hall–Kier alpha value is -2.17. The summed E-state index contributed by atoms with van der Waals surface area (Å²) in [5.74, 6) is 1.63. The Kier molecular flexibility index (Phi) is 3.41. The maximum Gasteiger partial charge on any atom is 0.223 e. The van der Waals surface area contributed by atoms with Crippen LogP contribution in [-0.4, -0.2) is 34.5 Å². The summed E-state index contributed by atoms with van der Waals surface area (Å²) in [6.45, 7) is 4.59. The maximum absolute atomic E-state index is 7.99. The normalized spacial score (nSPS) is 10.4. The zero-order valence-corrected chi connectivity index (χ0v) is 10.8. The van der Waals surface area contributed by atoms with Gasteiger partial charge in [0.2, 0.25) is 11.7 Å². The van der Waals surface area contributed by atoms with Crippen LogP contribution < -0.4 is 0 Å². The van der Waals surface area contributed by atoms with Crippen LogP contribution in [0.15, 0.2) is 28.8 Å². The van der Waals surface area contributed by atoms with Crippen molar-refractivity contribution in [2.45, 2.75) is 13.8 Å². The Labute approximate surface area is 106 Å². The van der Waals surface area contributed by atoms with E-state index in [2.05, 4.69) is 10.1 Å². The summed E-state index contributed by atoms with van der Waals surface area (Å²) in [4.78, 5) is 6.05. The molecule has 5 nitrogen and oxygen atoms in total. The molecular formula is C13H16N4O. The Bertz CT molecular complexity index is 544. The highest BCUT2D eigenvalue weighted by Gasteiger charge is 2.08. The molecule has 0 saturated heterocycles. The van der Waals surface area contributed by atoms with E-state index in [-0.39, 0.29) is 0 Å². The third-order valence-corrected chi connectivity index (χ3v) is 2.80. The molecule has 0 unspecified atom stereocenters. The molecule has 0 aliphatic heterocycles. The van der Waals surface area contributed by atoms with Gasteiger partial charge in [0.05, 0.1) is 0 Å². The Balaban J connectivity index is 2.23. The topological polar surface area (TPSA) is 66.0 Å². The van der Waals surface area contributed by atoms with E-state index >= 15 is 0 Å². The highest BCUT2D eigenvalue weighted by atomic mass is 16.5. The molecule has 0 atom stereocenters. The van der Waals surface area contributed by atoms with Crippen molar-refractivity contribution < 1.29 is 4.52 Å². The van der Waals surface area contributed by atoms with Crippen molar-refractivity contribution >= 4 is 5.84 Å². The first-order valence-electron chi connectivity index (χ1n) is 5.82. The predicted octanol–water partition coefficient (Wildman–Crippen LogP) is 2.32. The van der Waals surface area contributed by atoms with Gasteiger partial charge in [-0.15, -0.1) is 0 Å². The average Bonchev–Trinajstić information content (AvgIpc) is 2.84. The van der Waals surface area contributed by atoms with Gasteiger partial charge in [-0.05, 0) is 6.92 Å². The number of amidine groups is 1. The molecule has 0 amide bonds. The lowest BCUT2D eigenvalue weighted by Gasteiger charge is -2.17. The zero-order valence-electron chi connectivity index (χ0n) is 10.8. The van der Waals surface area contributed by atoms with E-state index in [9.17, 15) is 0 Å². The fourth-order valence-corrected chi connectivity index (χ4v) is 1.57. The number of nitrogens with zero attached hydrogens (tertiary/aromatic N) is 3. The molecule has 0 bridgehead atoms. The molecule has 1 aromatic carbocycles. The standard InChI is InChI=1S/C13H16N4O/c1-4-17(3)12(14)10-5-7-11(8-6-10)13-15-9(2)18-16-13/h5-8,14H,4H2,1-3H3. The van der Waals surface area contributed by atoms with Crippen molar-refractivity contribution in [2.24, 2.45) is 0 Å². The number of aromatic nitrogens is 2. The Morgan fingerprint density at radius 3 is 2.50 bits per heavy atom. The molecule has 0 spiro atoms. The van der Waals surface area contributed by atoms with Crippen LogP contribution in [0, 0.1) is 12.3 Å². The minimum Gasteiger partial charge on any atom is -0.360 e. The second-order valence-corrected chi connectivity index (χ2v) is 4.08. The number of hydrogen-bond acceptors (Lipinski definition) is 4. The minimum atomic E-state index is 0.508. The van der Waals surface area contributed by atoms with Crippen molar-refractivity contribution in [3.63, 3.8) is 0 Å². The van der Waals surface area contributed by atoms with E-state index in [0.29, 0.717) is 17.6 Å². The molecule has 1 aromatic heterocycles. The predicted molar refractivity (Wildman–Crippen MR) is 69.6 cm³/mol. The first kappa shape index (κ1) is 12.3. The van der Waals surface area contributed by atoms with Crippen LogP contribution in [0.2, 0.25) is 0 Å². The van der Waals surface area contributed by atoms with E-state index in [1.165, 1.54) is 0 Å². The SMILES string of the molecule is CCN(C)C(=N)c1ccc(-c2noc(C)n2)cc1. The largest absolute Gasteiger partial charge is 0.360 e. The van der Waals surface area contributed by atoms with Gasteiger partial charge in [-0.2, -0.15) is 4.98 Å². The molecule has 5 heteroatoms. The van der Waals surface area contributed by atoms with E-state index < -0.39 is 0 Å². The summed E-state index contributed by atoms with van der Waals surface area (Å²) in [5.41, 5.74) is 1.77. The fraction of sp³-hybridized carbons (Fsp3) is 0.308. The third kappa shape index (κ3) is 2.40. The van der Waals surface area contributed by atoms with Gasteiger partial charge in [-0.3, -0.25) is 5.41 Å². The second-order valence-electron chi connectivity index (χ2n) is 4.08. The molecule has 18 heavy (non-hydrogen) atoms. The van der Waals surface area contributed by atoms with Crippen LogP contribution in [0.25, 0.3) is 11.4 Å². The lowest BCUT2D eigenvalue weighted by molar-refractivity contribution is 0.394. The summed E-state index contributed by atoms with van der Waals surface area (Å²) in [6.07, 6.45) is 0. The summed E-state index contributed by atoms with van der Waals surface area (Å²) in [6, 6.07) is 7.60. The molecule has 0 fully saturated rings. The molecule has 0 aliphatic rings. The van der Waals surface area contributed by atoms with Gasteiger partial charge < -0.3 is 9.42 Å². The fourth-order valence-electron chi connectivity index (χ4n) is 1.57. The lowest BCUT2D eigenvalue weighted by Crippen LogP contribution is -2.26. The van der Waals surface area contributed by atoms with Crippen LogP contribution in [0.3, 0.4) is 0 Å². The van der Waals surface area contributed by atoms with Gasteiger partial charge in [0.15, 0.2) is 0 Å². The van der Waals surface area contributed by atoms with Crippen molar-refractivity contribution in [1.82, 2.24) is 15.0 Å². The number of nitrogens with one attached hydrogen (secondary N) is 1. The van der Waals surface area contributed by atoms with Crippen LogP contribution in [0.4, 0.5) is 0 Å². The molecule has 0 aliphatic carbocycles. The van der Waals surface area contributed by atoms with Crippen LogP contribution in [0.5, 0.6) is 0 Å². The Morgan fingerprint density at radius 2 is 2.00 bits per heavy atom. The van der Waals surface area contributed by atoms with Crippen molar-refractivity contribution in [3.05, 3.63) is 35.7 Å². The van der Waals surface area contributed by atoms with Gasteiger partial charge in [-0.25, -0.2) is 0 Å². The van der Waals surface area contributed by atoms with E-state index in [0.717, 1.165) is 17.7 Å². The summed E-state index contributed by atoms with van der Waals surface area (Å²) < 4.78 is 4.94. The number of benzene rings is 1. The third-order valence-electron chi connectivity index (χ3n) is 2.80. The molecular weight excluding hydrogens is 228 g/mol. The van der Waals surface area contributed by atoms with E-state index in [1.807, 2.05) is 43.1 Å². The molecule has 0 saturated carbocycles. The zero-order chi connectivity index (χ0) is 13.1. The molecule has 2 aromatic rings. The summed E-state index contributed by atoms with van der Waals surface area (Å²) in [7, 11) is 1.90. The van der Waals surface area contributed by atoms with Crippen molar-refractivity contribution in [2.75, 3.05) is 13.6 Å². The maximum atomic E-state index is 7.99. The van der Waals surface area contributed by atoms with Crippen LogP contribution >= 0.6 is 0 Å². The van der Waals surface area contributed by atoms with E-state index in [4.69, 9.17) is 9.93 Å². The van der Waals surface area contributed by atoms with Crippen molar-refractivity contribution in [1.29, 1.82) is 5.41 Å². The van der Waals surface area contributed by atoms with Gasteiger partial charge in [0, 0.05) is 31.6 Å². The average molecular weight is 244 g/mol. The molecule has 2 rings (SSSR count). The smallest absolute Gasteiger partial charge is 0.223 e. The number of hydrogen-bond donors (Lipinski definition) is 1. The summed E-state index contributed by atoms with van der Waals surface area (Å²) >= 11 is 0. The highest BCUT2D eigenvalue weighted by molar-refractivity contribution is 5.96. The minimum absolute atomic E-state index is 0.508. The first-order chi connectivity index (χ1) is 8.61. The first-order valence-corrected chi connectivity index (χ1v) is 5.82. The monoisotopic (exact) mass is 244 g/mol. The van der Waals surface area contributed by atoms with Gasteiger partial charge in [0.1, 0.15) is 5.84 Å². The second kappa shape index (κ2) is 5.00. The Morgan fingerprint density at radius 1 is 1.33 bits per heavy atom. The van der Waals surface area contributed by atoms with Gasteiger partial charge >= 0.3 is 0 Å². The molecule has 94 valence electrons. The van der Waals surface area contributed by atoms with E-state index in [1.54, 1.807) is 6.92 Å². The lowest BCUT2D eigenvalue weighted by atomic mass is 10.1. The van der Waals surface area contributed by atoms with Crippen molar-refractivity contribution in [3.8, 4) is 11.4 Å². The molecule has 0 radical (unpaired) electrons. The van der Waals surface area contributed by atoms with Crippen LogP contribution in [-0.2, 0) is 0 Å². The summed E-state index contributed by atoms with van der Waals surface area (Å²) in [5, 5.41) is 11.9. The quantitative estimate of drug-likeness (QED) is 0.664. The van der Waals surface area contributed by atoms with Gasteiger partial charge in [0.25, 0.3) is 0 Å². The molecule has 1 N–H and O–H groups in total.